The highest BCUT2D eigenvalue weighted by Crippen LogP contribution is 2.17. The fourth-order valence-electron chi connectivity index (χ4n) is 9.67. The molecule has 0 fully saturated rings. The summed E-state index contributed by atoms with van der Waals surface area (Å²) in [6.45, 7) is 4.66. The second-order valence-electron chi connectivity index (χ2n) is 24.8. The van der Waals surface area contributed by atoms with Crippen molar-refractivity contribution in [2.75, 3.05) is 47.5 Å². The topological polar surface area (TPSA) is 108 Å². The van der Waals surface area contributed by atoms with E-state index < -0.39 is 24.3 Å². The lowest BCUT2D eigenvalue weighted by Crippen LogP contribution is -2.40. The summed E-state index contributed by atoms with van der Waals surface area (Å²) in [5.74, 6) is -2.01. The van der Waals surface area contributed by atoms with Gasteiger partial charge in [-0.15, -0.1) is 0 Å². The molecule has 506 valence electrons. The molecule has 2 atom stereocenters. The van der Waals surface area contributed by atoms with Gasteiger partial charge in [0.25, 0.3) is 6.29 Å². The van der Waals surface area contributed by atoms with Crippen LogP contribution in [0.1, 0.15) is 284 Å². The third-order valence-corrected chi connectivity index (χ3v) is 15.1. The first kappa shape index (κ1) is 84.2. The van der Waals surface area contributed by atoms with Crippen LogP contribution in [0.25, 0.3) is 0 Å². The Kier molecular flexibility index (Phi) is 65.3. The molecule has 0 rings (SSSR count). The van der Waals surface area contributed by atoms with Crippen molar-refractivity contribution in [2.24, 2.45) is 0 Å². The van der Waals surface area contributed by atoms with Crippen LogP contribution in [0.4, 0.5) is 0 Å². The average Bonchev–Trinajstić information content (AvgIpc) is 3.70. The van der Waals surface area contributed by atoms with Crippen LogP contribution < -0.4 is 0 Å². The summed E-state index contributed by atoms with van der Waals surface area (Å²) < 4.78 is 23.0. The van der Waals surface area contributed by atoms with Crippen LogP contribution >= 0.6 is 0 Å². The lowest BCUT2D eigenvalue weighted by atomic mass is 10.0. The Morgan fingerprint density at radius 2 is 0.607 bits per heavy atom. The van der Waals surface area contributed by atoms with E-state index in [-0.39, 0.29) is 32.2 Å². The number of carbonyl (C=O) groups excluding carboxylic acids is 2. The molecule has 0 aliphatic heterocycles. The summed E-state index contributed by atoms with van der Waals surface area (Å²) in [5.41, 5.74) is 0. The summed E-state index contributed by atoms with van der Waals surface area (Å²) in [4.78, 5) is 37.7. The molecule has 0 amide bonds. The van der Waals surface area contributed by atoms with Crippen molar-refractivity contribution < 1.29 is 42.9 Å². The number of unbranched alkanes of at least 4 members (excludes halogenated alkanes) is 26. The molecule has 0 bridgehead atoms. The van der Waals surface area contributed by atoms with E-state index in [4.69, 9.17) is 18.9 Å². The van der Waals surface area contributed by atoms with Gasteiger partial charge in [0, 0.05) is 12.8 Å². The Morgan fingerprint density at radius 3 is 0.899 bits per heavy atom. The predicted molar refractivity (Wildman–Crippen MR) is 382 cm³/mol. The van der Waals surface area contributed by atoms with Crippen molar-refractivity contribution in [3.05, 3.63) is 146 Å². The number of rotatable bonds is 65. The molecular weight excluding hydrogens is 1100 g/mol. The average molecular weight is 1240 g/mol. The van der Waals surface area contributed by atoms with Gasteiger partial charge in [-0.2, -0.15) is 0 Å². The number of allylic oxidation sites excluding steroid dienone is 24. The van der Waals surface area contributed by atoms with E-state index in [0.717, 1.165) is 116 Å². The summed E-state index contributed by atoms with van der Waals surface area (Å²) in [6, 6.07) is 0. The maximum atomic E-state index is 13.0. The number of likely N-dealkylation sites (N-methyl/N-ethyl adjacent to an activating group) is 1. The number of quaternary nitrogens is 1. The van der Waals surface area contributed by atoms with Gasteiger partial charge >= 0.3 is 17.9 Å². The van der Waals surface area contributed by atoms with E-state index in [2.05, 4.69) is 160 Å². The van der Waals surface area contributed by atoms with Crippen molar-refractivity contribution in [1.29, 1.82) is 0 Å². The van der Waals surface area contributed by atoms with E-state index in [9.17, 15) is 19.5 Å². The van der Waals surface area contributed by atoms with Crippen LogP contribution in [0.5, 0.6) is 0 Å². The minimum absolute atomic E-state index is 0.182. The zero-order valence-corrected chi connectivity index (χ0v) is 57.8. The maximum absolute atomic E-state index is 13.0. The summed E-state index contributed by atoms with van der Waals surface area (Å²) in [6.07, 6.45) is 98.1. The highest BCUT2D eigenvalue weighted by Gasteiger charge is 2.25. The lowest BCUT2D eigenvalue weighted by molar-refractivity contribution is -0.870. The van der Waals surface area contributed by atoms with E-state index in [1.54, 1.807) is 0 Å². The molecule has 0 heterocycles. The molecule has 0 saturated heterocycles. The van der Waals surface area contributed by atoms with Gasteiger partial charge in [0.05, 0.1) is 34.4 Å². The van der Waals surface area contributed by atoms with Crippen LogP contribution in [0.15, 0.2) is 146 Å². The van der Waals surface area contributed by atoms with E-state index in [0.29, 0.717) is 23.9 Å². The van der Waals surface area contributed by atoms with Crippen LogP contribution in [-0.4, -0.2) is 87.4 Å². The minimum atomic E-state index is -1.52. The molecule has 0 saturated carbocycles. The normalized spacial score (nSPS) is 13.6. The third kappa shape index (κ3) is 70.5. The molecule has 9 nitrogen and oxygen atoms in total. The minimum Gasteiger partial charge on any atom is -0.477 e. The quantitative estimate of drug-likeness (QED) is 0.0211. The zero-order valence-electron chi connectivity index (χ0n) is 57.8. The number of hydrogen-bond donors (Lipinski definition) is 1. The number of ether oxygens (including phenoxy) is 4. The van der Waals surface area contributed by atoms with Crippen molar-refractivity contribution in [3.8, 4) is 0 Å². The standard InChI is InChI=1S/C80H133NO8/c1-6-8-10-12-14-16-18-20-22-24-26-28-30-32-34-35-36-37-38-39-40-41-42-43-45-47-49-51-53-55-57-59-61-63-65-67-69-71-78(83)89-76(75-88-80(79(84)85)86-73-72-81(3,4)5)74-87-77(82)70-68-66-64-62-60-58-56-54-52-50-48-46-44-33-31-29-27-25-23-21-19-17-15-13-11-9-7-2/h8-11,14-17,20-23,26-29,32,34,36-37,39-40,42-43,76,80H,6-7,12-13,18-19,24-25,30-31,33,35,38,41,44-75H2,1-5H3/p+1/b10-8-,11-9-,16-14-,17-15-,22-20-,23-21-,28-26-,29-27-,34-32-,37-36-,40-39-,43-42-. The number of carboxylic acids is 1. The molecule has 0 spiro atoms. The molecule has 0 aromatic rings. The molecule has 9 heteroatoms. The van der Waals surface area contributed by atoms with Gasteiger partial charge in [-0.25, -0.2) is 4.79 Å². The van der Waals surface area contributed by atoms with Gasteiger partial charge in [0.2, 0.25) is 0 Å². The summed E-state index contributed by atoms with van der Waals surface area (Å²) >= 11 is 0. The fraction of sp³-hybridized carbons (Fsp3) is 0.662. The van der Waals surface area contributed by atoms with E-state index >= 15 is 0 Å². The third-order valence-electron chi connectivity index (χ3n) is 15.1. The van der Waals surface area contributed by atoms with Crippen molar-refractivity contribution in [1.82, 2.24) is 0 Å². The smallest absolute Gasteiger partial charge is 0.361 e. The van der Waals surface area contributed by atoms with Gasteiger partial charge in [-0.1, -0.05) is 301 Å². The monoisotopic (exact) mass is 1240 g/mol. The number of carbonyl (C=O) groups is 3. The van der Waals surface area contributed by atoms with Crippen LogP contribution in [0.3, 0.4) is 0 Å². The Hall–Kier alpha value is -4.83. The Morgan fingerprint density at radius 1 is 0.337 bits per heavy atom. The number of aliphatic carboxylic acids is 1. The second-order valence-corrected chi connectivity index (χ2v) is 24.8. The maximum Gasteiger partial charge on any atom is 0.361 e. The first-order chi connectivity index (χ1) is 43.6. The molecule has 0 radical (unpaired) electrons. The number of esters is 2. The molecule has 0 aliphatic carbocycles. The predicted octanol–water partition coefficient (Wildman–Crippen LogP) is 22.7. The molecular formula is C80H134NO8+. The number of hydrogen-bond acceptors (Lipinski definition) is 7. The Labute approximate surface area is 547 Å². The highest BCUT2D eigenvalue weighted by atomic mass is 16.7. The first-order valence-electron chi connectivity index (χ1n) is 36.0. The molecule has 0 aromatic heterocycles. The molecule has 0 aliphatic rings. The fourth-order valence-corrected chi connectivity index (χ4v) is 9.67. The molecule has 0 aromatic carbocycles. The zero-order chi connectivity index (χ0) is 64.7. The van der Waals surface area contributed by atoms with Gasteiger partial charge in [0.15, 0.2) is 6.10 Å². The molecule has 2 unspecified atom stereocenters. The Bertz CT molecular complexity index is 1970. The highest BCUT2D eigenvalue weighted by molar-refractivity contribution is 5.71. The van der Waals surface area contributed by atoms with Crippen LogP contribution in [0.2, 0.25) is 0 Å². The van der Waals surface area contributed by atoms with Gasteiger partial charge < -0.3 is 28.5 Å². The van der Waals surface area contributed by atoms with Crippen molar-refractivity contribution in [2.45, 2.75) is 296 Å². The largest absolute Gasteiger partial charge is 0.477 e. The van der Waals surface area contributed by atoms with Crippen LogP contribution in [-0.2, 0) is 33.3 Å². The number of nitrogens with zero attached hydrogens (tertiary/aromatic N) is 1. The number of carboxylic acid groups (broad SMARTS) is 1. The van der Waals surface area contributed by atoms with Crippen LogP contribution in [0, 0.1) is 0 Å². The van der Waals surface area contributed by atoms with Crippen molar-refractivity contribution in [3.63, 3.8) is 0 Å². The second kappa shape index (κ2) is 69.1. The van der Waals surface area contributed by atoms with Gasteiger partial charge in [-0.05, 0) is 116 Å². The SMILES string of the molecule is CC/C=C\C/C=C\C/C=C\C/C=C\C/C=C\C/C=C\C/C=C\C/C=C\CCCCCCCCCCCCCCC(=O)OC(COC(=O)CCCCCCCCCCCCCCCC/C=C\C/C=C\C/C=C\C/C=C\CC)COC(OCC[N+](C)(C)C)C(=O)O. The Balaban J connectivity index is 4.13. The van der Waals surface area contributed by atoms with Crippen molar-refractivity contribution >= 4 is 17.9 Å². The summed E-state index contributed by atoms with van der Waals surface area (Å²) in [7, 11) is 5.97. The van der Waals surface area contributed by atoms with Gasteiger partial charge in [0.1, 0.15) is 13.2 Å². The summed E-state index contributed by atoms with van der Waals surface area (Å²) in [5, 5.41) is 9.76. The van der Waals surface area contributed by atoms with E-state index in [1.165, 1.54) is 135 Å². The molecule has 1 N–H and O–H groups in total. The first-order valence-corrected chi connectivity index (χ1v) is 36.0. The van der Waals surface area contributed by atoms with E-state index in [1.807, 2.05) is 21.1 Å². The van der Waals surface area contributed by atoms with Gasteiger partial charge in [-0.3, -0.25) is 9.59 Å². The molecule has 89 heavy (non-hydrogen) atoms. The lowest BCUT2D eigenvalue weighted by Gasteiger charge is -2.25.